The quantitative estimate of drug-likeness (QED) is 0.784. The van der Waals surface area contributed by atoms with Crippen LogP contribution in [0.3, 0.4) is 0 Å². The number of amides is 1. The Labute approximate surface area is 110 Å². The van der Waals surface area contributed by atoms with Crippen LogP contribution in [0.5, 0.6) is 0 Å². The van der Waals surface area contributed by atoms with Gasteiger partial charge in [0, 0.05) is 24.0 Å². The van der Waals surface area contributed by atoms with Crippen molar-refractivity contribution in [2.24, 2.45) is 0 Å². The summed E-state index contributed by atoms with van der Waals surface area (Å²) in [6.07, 6.45) is 0.940. The third-order valence-corrected chi connectivity index (χ3v) is 2.75. The first kappa shape index (κ1) is 13.7. The van der Waals surface area contributed by atoms with Gasteiger partial charge < -0.3 is 4.90 Å². The molecule has 0 aliphatic rings. The zero-order valence-corrected chi connectivity index (χ0v) is 11.4. The Balaban J connectivity index is 2.81. The number of carbonyl (C=O) groups excluding carboxylic acids is 1. The van der Waals surface area contributed by atoms with Crippen molar-refractivity contribution >= 4 is 21.8 Å². The molecule has 0 spiro atoms. The highest BCUT2D eigenvalue weighted by Crippen LogP contribution is 2.08. The number of carbonyl (C=O) groups is 1. The van der Waals surface area contributed by atoms with Crippen molar-refractivity contribution in [3.63, 3.8) is 0 Å². The van der Waals surface area contributed by atoms with E-state index in [0.717, 1.165) is 18.3 Å². The first-order chi connectivity index (χ1) is 8.22. The van der Waals surface area contributed by atoms with Gasteiger partial charge in [-0.15, -0.1) is 0 Å². The average Bonchev–Trinajstić information content (AvgIpc) is 2.38. The molecule has 90 valence electrons. The Hall–Kier alpha value is -1.34. The van der Waals surface area contributed by atoms with Gasteiger partial charge in [-0.2, -0.15) is 5.26 Å². The molecule has 4 heteroatoms. The summed E-state index contributed by atoms with van der Waals surface area (Å²) in [5.41, 5.74) is 1.21. The summed E-state index contributed by atoms with van der Waals surface area (Å²) < 4.78 is 0. The van der Waals surface area contributed by atoms with Crippen LogP contribution in [-0.2, 0) is 0 Å². The summed E-state index contributed by atoms with van der Waals surface area (Å²) in [6, 6.07) is 8.80. The first-order valence-electron chi connectivity index (χ1n) is 5.58. The standard InChI is InChI=1S/C13H15BrN2O/c1-2-8-16(9-7-14)13(17)12-5-3-11(10-15)4-6-12/h3-6H,2,7-9H2,1H3. The molecule has 1 aromatic rings. The van der Waals surface area contributed by atoms with Gasteiger partial charge in [0.05, 0.1) is 11.6 Å². The lowest BCUT2D eigenvalue weighted by atomic mass is 10.1. The highest BCUT2D eigenvalue weighted by atomic mass is 79.9. The van der Waals surface area contributed by atoms with E-state index in [4.69, 9.17) is 5.26 Å². The van der Waals surface area contributed by atoms with Crippen molar-refractivity contribution in [1.29, 1.82) is 5.26 Å². The van der Waals surface area contributed by atoms with Crippen LogP contribution in [0.2, 0.25) is 0 Å². The molecule has 0 saturated heterocycles. The van der Waals surface area contributed by atoms with Crippen molar-refractivity contribution in [1.82, 2.24) is 4.90 Å². The van der Waals surface area contributed by atoms with Crippen LogP contribution >= 0.6 is 15.9 Å². The van der Waals surface area contributed by atoms with E-state index in [0.29, 0.717) is 17.7 Å². The third kappa shape index (κ3) is 3.86. The van der Waals surface area contributed by atoms with Crippen LogP contribution in [0.4, 0.5) is 0 Å². The fourth-order valence-corrected chi connectivity index (χ4v) is 1.98. The highest BCUT2D eigenvalue weighted by Gasteiger charge is 2.13. The molecular weight excluding hydrogens is 280 g/mol. The Morgan fingerprint density at radius 1 is 1.35 bits per heavy atom. The molecule has 0 aliphatic carbocycles. The Kier molecular flexibility index (Phi) is 5.71. The molecule has 0 fully saturated rings. The van der Waals surface area contributed by atoms with E-state index >= 15 is 0 Å². The smallest absolute Gasteiger partial charge is 0.253 e. The zero-order chi connectivity index (χ0) is 12.7. The van der Waals surface area contributed by atoms with Gasteiger partial charge in [0.1, 0.15) is 0 Å². The minimum atomic E-state index is 0.0239. The Morgan fingerprint density at radius 3 is 2.47 bits per heavy atom. The van der Waals surface area contributed by atoms with Crippen molar-refractivity contribution in [2.75, 3.05) is 18.4 Å². The fraction of sp³-hybridized carbons (Fsp3) is 0.385. The van der Waals surface area contributed by atoms with E-state index < -0.39 is 0 Å². The Morgan fingerprint density at radius 2 is 2.00 bits per heavy atom. The number of alkyl halides is 1. The van der Waals surface area contributed by atoms with Crippen molar-refractivity contribution in [2.45, 2.75) is 13.3 Å². The van der Waals surface area contributed by atoms with Gasteiger partial charge in [-0.1, -0.05) is 22.9 Å². The molecule has 0 aliphatic heterocycles. The summed E-state index contributed by atoms with van der Waals surface area (Å²) in [7, 11) is 0. The maximum Gasteiger partial charge on any atom is 0.253 e. The van der Waals surface area contributed by atoms with Crippen molar-refractivity contribution in [3.8, 4) is 6.07 Å². The summed E-state index contributed by atoms with van der Waals surface area (Å²) in [4.78, 5) is 14.0. The van der Waals surface area contributed by atoms with Crippen LogP contribution in [0.15, 0.2) is 24.3 Å². The maximum absolute atomic E-state index is 12.1. The van der Waals surface area contributed by atoms with Gasteiger partial charge >= 0.3 is 0 Å². The molecule has 1 rings (SSSR count). The van der Waals surface area contributed by atoms with Gasteiger partial charge in [0.15, 0.2) is 0 Å². The second-order valence-electron chi connectivity index (χ2n) is 3.67. The molecule has 17 heavy (non-hydrogen) atoms. The van der Waals surface area contributed by atoms with Crippen molar-refractivity contribution < 1.29 is 4.79 Å². The number of hydrogen-bond acceptors (Lipinski definition) is 2. The SMILES string of the molecule is CCCN(CCBr)C(=O)c1ccc(C#N)cc1. The zero-order valence-electron chi connectivity index (χ0n) is 9.82. The number of benzene rings is 1. The largest absolute Gasteiger partial charge is 0.338 e. The molecule has 3 nitrogen and oxygen atoms in total. The molecule has 0 N–H and O–H groups in total. The molecule has 0 radical (unpaired) electrons. The number of nitrogens with zero attached hydrogens (tertiary/aromatic N) is 2. The van der Waals surface area contributed by atoms with E-state index in [1.165, 1.54) is 0 Å². The third-order valence-electron chi connectivity index (χ3n) is 2.40. The molecule has 0 unspecified atom stereocenters. The topological polar surface area (TPSA) is 44.1 Å². The monoisotopic (exact) mass is 294 g/mol. The normalized spacial score (nSPS) is 9.71. The van der Waals surface area contributed by atoms with E-state index in [1.807, 2.05) is 17.9 Å². The van der Waals surface area contributed by atoms with E-state index in [1.54, 1.807) is 24.3 Å². The lowest BCUT2D eigenvalue weighted by Crippen LogP contribution is -2.33. The minimum absolute atomic E-state index is 0.0239. The van der Waals surface area contributed by atoms with Gasteiger partial charge in [-0.3, -0.25) is 4.79 Å². The van der Waals surface area contributed by atoms with Crippen LogP contribution in [0.1, 0.15) is 29.3 Å². The van der Waals surface area contributed by atoms with Crippen LogP contribution < -0.4 is 0 Å². The molecule has 1 amide bonds. The molecule has 0 heterocycles. The summed E-state index contributed by atoms with van der Waals surface area (Å²) in [5.74, 6) is 0.0239. The second kappa shape index (κ2) is 7.08. The predicted octanol–water partition coefficient (Wildman–Crippen LogP) is 2.81. The predicted molar refractivity (Wildman–Crippen MR) is 71.1 cm³/mol. The number of nitriles is 1. The van der Waals surface area contributed by atoms with Gasteiger partial charge in [0.25, 0.3) is 5.91 Å². The minimum Gasteiger partial charge on any atom is -0.338 e. The lowest BCUT2D eigenvalue weighted by molar-refractivity contribution is 0.0766. The summed E-state index contributed by atoms with van der Waals surface area (Å²) >= 11 is 3.35. The molecule has 0 saturated carbocycles. The Bertz CT molecular complexity index is 402. The van der Waals surface area contributed by atoms with Crippen LogP contribution in [-0.4, -0.2) is 29.2 Å². The van der Waals surface area contributed by atoms with E-state index in [9.17, 15) is 4.79 Å². The van der Waals surface area contributed by atoms with Crippen LogP contribution in [0, 0.1) is 11.3 Å². The van der Waals surface area contributed by atoms with E-state index in [2.05, 4.69) is 15.9 Å². The number of halogens is 1. The number of hydrogen-bond donors (Lipinski definition) is 0. The lowest BCUT2D eigenvalue weighted by Gasteiger charge is -2.21. The highest BCUT2D eigenvalue weighted by molar-refractivity contribution is 9.09. The van der Waals surface area contributed by atoms with Crippen molar-refractivity contribution in [3.05, 3.63) is 35.4 Å². The van der Waals surface area contributed by atoms with Gasteiger partial charge in [0.2, 0.25) is 0 Å². The molecule has 0 bridgehead atoms. The number of rotatable bonds is 5. The molecular formula is C13H15BrN2O. The maximum atomic E-state index is 12.1. The first-order valence-corrected chi connectivity index (χ1v) is 6.70. The van der Waals surface area contributed by atoms with Gasteiger partial charge in [-0.25, -0.2) is 0 Å². The average molecular weight is 295 g/mol. The van der Waals surface area contributed by atoms with Gasteiger partial charge in [-0.05, 0) is 30.7 Å². The summed E-state index contributed by atoms with van der Waals surface area (Å²) in [6.45, 7) is 3.50. The molecule has 0 aromatic heterocycles. The summed E-state index contributed by atoms with van der Waals surface area (Å²) in [5, 5.41) is 9.47. The molecule has 0 atom stereocenters. The fourth-order valence-electron chi connectivity index (χ4n) is 1.56. The molecule has 1 aromatic carbocycles. The van der Waals surface area contributed by atoms with Crippen LogP contribution in [0.25, 0.3) is 0 Å². The second-order valence-corrected chi connectivity index (χ2v) is 4.46. The van der Waals surface area contributed by atoms with E-state index in [-0.39, 0.29) is 5.91 Å².